The van der Waals surface area contributed by atoms with E-state index in [0.717, 1.165) is 0 Å². The Morgan fingerprint density at radius 3 is 2.29 bits per heavy atom. The van der Waals surface area contributed by atoms with Gasteiger partial charge in [-0.2, -0.15) is 0 Å². The Morgan fingerprint density at radius 2 is 1.82 bits per heavy atom. The average Bonchev–Trinajstić information content (AvgIpc) is 2.29. The molecule has 0 fully saturated rings. The van der Waals surface area contributed by atoms with Gasteiger partial charge in [-0.25, -0.2) is 0 Å². The van der Waals surface area contributed by atoms with Gasteiger partial charge >= 0.3 is 7.60 Å². The Morgan fingerprint density at radius 1 is 1.29 bits per heavy atom. The van der Waals surface area contributed by atoms with E-state index in [2.05, 4.69) is 0 Å². The van der Waals surface area contributed by atoms with Crippen LogP contribution in [-0.4, -0.2) is 18.3 Å². The maximum absolute atomic E-state index is 12.3. The van der Waals surface area contributed by atoms with Crippen LogP contribution in [0.4, 0.5) is 0 Å². The van der Waals surface area contributed by atoms with Crippen molar-refractivity contribution in [1.29, 1.82) is 0 Å². The van der Waals surface area contributed by atoms with E-state index in [1.54, 1.807) is 38.1 Å². The number of benzene rings is 1. The molecule has 1 aromatic rings. The lowest BCUT2D eigenvalue weighted by molar-refractivity contribution is 0.150. The maximum Gasteiger partial charge on any atom is 0.363 e. The van der Waals surface area contributed by atoms with E-state index in [9.17, 15) is 9.67 Å². The summed E-state index contributed by atoms with van der Waals surface area (Å²) >= 11 is 5.93. The standard InChI is InChI=1S/C11H16ClO4P/c1-3-15-17(14,16-4-2)11(13)9-7-5-6-8-10(9)12/h5-8,11,13H,3-4H2,1-2H3/t11-/m1/s1. The fraction of sp³-hybridized carbons (Fsp3) is 0.455. The Balaban J connectivity index is 3.04. The highest BCUT2D eigenvalue weighted by Crippen LogP contribution is 2.60. The van der Waals surface area contributed by atoms with Gasteiger partial charge in [-0.1, -0.05) is 29.8 Å². The van der Waals surface area contributed by atoms with Gasteiger partial charge in [0.1, 0.15) is 0 Å². The SMILES string of the molecule is CCOP(=O)(OCC)[C@@H](O)c1ccccc1Cl. The predicted molar refractivity (Wildman–Crippen MR) is 67.3 cm³/mol. The number of hydrogen-bond acceptors (Lipinski definition) is 4. The van der Waals surface area contributed by atoms with Crippen LogP contribution in [0.5, 0.6) is 0 Å². The first-order valence-corrected chi connectivity index (χ1v) is 7.35. The molecule has 0 aromatic heterocycles. The van der Waals surface area contributed by atoms with Crippen LogP contribution in [0, 0.1) is 0 Å². The zero-order chi connectivity index (χ0) is 12.9. The third-order valence-corrected chi connectivity index (χ3v) is 4.56. The molecule has 96 valence electrons. The van der Waals surface area contributed by atoms with Crippen molar-refractivity contribution < 1.29 is 18.7 Å². The van der Waals surface area contributed by atoms with Crippen molar-refractivity contribution in [3.8, 4) is 0 Å². The van der Waals surface area contributed by atoms with Gasteiger partial charge in [0.2, 0.25) is 0 Å². The van der Waals surface area contributed by atoms with Gasteiger partial charge in [-0.05, 0) is 19.9 Å². The average molecular weight is 279 g/mol. The predicted octanol–water partition coefficient (Wildman–Crippen LogP) is 3.60. The minimum Gasteiger partial charge on any atom is -0.376 e. The molecule has 0 heterocycles. The third kappa shape index (κ3) is 3.54. The summed E-state index contributed by atoms with van der Waals surface area (Å²) in [6, 6.07) is 6.64. The molecule has 6 heteroatoms. The van der Waals surface area contributed by atoms with Crippen LogP contribution in [0.15, 0.2) is 24.3 Å². The molecule has 1 N–H and O–H groups in total. The number of halogens is 1. The summed E-state index contributed by atoms with van der Waals surface area (Å²) in [5.74, 6) is -1.36. The van der Waals surface area contributed by atoms with Gasteiger partial charge in [0, 0.05) is 10.6 Å². The molecule has 0 amide bonds. The number of aliphatic hydroxyl groups excluding tert-OH is 1. The zero-order valence-corrected chi connectivity index (χ0v) is 11.4. The van der Waals surface area contributed by atoms with E-state index in [1.165, 1.54) is 0 Å². The van der Waals surface area contributed by atoms with Crippen LogP contribution in [0.2, 0.25) is 5.02 Å². The van der Waals surface area contributed by atoms with E-state index in [-0.39, 0.29) is 13.2 Å². The van der Waals surface area contributed by atoms with Crippen LogP contribution in [0.3, 0.4) is 0 Å². The van der Waals surface area contributed by atoms with Gasteiger partial charge in [0.15, 0.2) is 5.85 Å². The van der Waals surface area contributed by atoms with Gasteiger partial charge in [-0.15, -0.1) is 0 Å². The summed E-state index contributed by atoms with van der Waals surface area (Å²) in [6.07, 6.45) is 0. The van der Waals surface area contributed by atoms with Crippen molar-refractivity contribution in [2.45, 2.75) is 19.7 Å². The Labute approximate surface area is 106 Å². The summed E-state index contributed by atoms with van der Waals surface area (Å²) in [4.78, 5) is 0. The van der Waals surface area contributed by atoms with E-state index >= 15 is 0 Å². The molecule has 0 radical (unpaired) electrons. The second-order valence-electron chi connectivity index (χ2n) is 3.27. The first kappa shape index (κ1) is 14.7. The second kappa shape index (κ2) is 6.53. The van der Waals surface area contributed by atoms with Crippen LogP contribution in [-0.2, 0) is 13.6 Å². The minimum atomic E-state index is -3.59. The lowest BCUT2D eigenvalue weighted by Crippen LogP contribution is -2.06. The molecule has 0 bridgehead atoms. The molecule has 0 saturated carbocycles. The molecule has 0 aliphatic heterocycles. The first-order valence-electron chi connectivity index (χ1n) is 5.36. The van der Waals surface area contributed by atoms with Crippen molar-refractivity contribution in [3.05, 3.63) is 34.9 Å². The summed E-state index contributed by atoms with van der Waals surface area (Å²) in [6.45, 7) is 3.76. The minimum absolute atomic E-state index is 0.193. The van der Waals surface area contributed by atoms with Gasteiger partial charge in [0.25, 0.3) is 0 Å². The Bertz CT molecular complexity index is 400. The van der Waals surface area contributed by atoms with Crippen molar-refractivity contribution in [2.24, 2.45) is 0 Å². The molecule has 0 saturated heterocycles. The van der Waals surface area contributed by atoms with Crippen LogP contribution >= 0.6 is 19.2 Å². The van der Waals surface area contributed by atoms with E-state index in [0.29, 0.717) is 10.6 Å². The molecule has 1 rings (SSSR count). The summed E-state index contributed by atoms with van der Waals surface area (Å²) in [5.41, 5.74) is 0.347. The quantitative estimate of drug-likeness (QED) is 0.808. The van der Waals surface area contributed by atoms with Crippen molar-refractivity contribution in [1.82, 2.24) is 0 Å². The molecular formula is C11H16ClO4P. The normalized spacial score (nSPS) is 13.6. The highest BCUT2D eigenvalue weighted by atomic mass is 35.5. The smallest absolute Gasteiger partial charge is 0.363 e. The topological polar surface area (TPSA) is 55.8 Å². The Kier molecular flexibility index (Phi) is 5.63. The fourth-order valence-corrected chi connectivity index (χ4v) is 3.35. The van der Waals surface area contributed by atoms with Crippen molar-refractivity contribution >= 4 is 19.2 Å². The second-order valence-corrected chi connectivity index (χ2v) is 5.76. The van der Waals surface area contributed by atoms with E-state index < -0.39 is 13.4 Å². The molecule has 17 heavy (non-hydrogen) atoms. The lowest BCUT2D eigenvalue weighted by atomic mass is 10.2. The van der Waals surface area contributed by atoms with Crippen LogP contribution in [0.1, 0.15) is 25.3 Å². The number of rotatable bonds is 6. The molecule has 1 atom stereocenters. The maximum atomic E-state index is 12.3. The van der Waals surface area contributed by atoms with Gasteiger partial charge in [0.05, 0.1) is 13.2 Å². The summed E-state index contributed by atoms with van der Waals surface area (Å²) < 4.78 is 22.4. The number of hydrogen-bond donors (Lipinski definition) is 1. The molecule has 0 aliphatic carbocycles. The fourth-order valence-electron chi connectivity index (χ4n) is 1.39. The van der Waals surface area contributed by atoms with Gasteiger partial charge < -0.3 is 14.2 Å². The first-order chi connectivity index (χ1) is 8.05. The largest absolute Gasteiger partial charge is 0.376 e. The van der Waals surface area contributed by atoms with E-state index in [1.807, 2.05) is 0 Å². The third-order valence-electron chi connectivity index (χ3n) is 2.10. The highest BCUT2D eigenvalue weighted by Gasteiger charge is 2.36. The van der Waals surface area contributed by atoms with Crippen LogP contribution in [0.25, 0.3) is 0 Å². The van der Waals surface area contributed by atoms with Gasteiger partial charge in [-0.3, -0.25) is 4.57 Å². The van der Waals surface area contributed by atoms with Crippen LogP contribution < -0.4 is 0 Å². The molecule has 0 aliphatic rings. The van der Waals surface area contributed by atoms with Crippen molar-refractivity contribution in [2.75, 3.05) is 13.2 Å². The number of aliphatic hydroxyl groups is 1. The monoisotopic (exact) mass is 278 g/mol. The summed E-state index contributed by atoms with van der Waals surface area (Å²) in [7, 11) is -3.59. The molecule has 0 unspecified atom stereocenters. The molecule has 4 nitrogen and oxygen atoms in total. The Hall–Kier alpha value is -0.380. The molecule has 1 aromatic carbocycles. The van der Waals surface area contributed by atoms with E-state index in [4.69, 9.17) is 20.6 Å². The molecule has 0 spiro atoms. The van der Waals surface area contributed by atoms with Crippen molar-refractivity contribution in [3.63, 3.8) is 0 Å². The summed E-state index contributed by atoms with van der Waals surface area (Å²) in [5, 5.41) is 10.4. The zero-order valence-electron chi connectivity index (χ0n) is 9.80. The lowest BCUT2D eigenvalue weighted by Gasteiger charge is -2.23. The molecular weight excluding hydrogens is 263 g/mol. The highest BCUT2D eigenvalue weighted by molar-refractivity contribution is 7.54.